The molecule has 1 aliphatic rings. The van der Waals surface area contributed by atoms with Gasteiger partial charge in [-0.05, 0) is 13.3 Å². The van der Waals surface area contributed by atoms with Gasteiger partial charge in [0.25, 0.3) is 0 Å². The smallest absolute Gasteiger partial charge is 0.187 e. The summed E-state index contributed by atoms with van der Waals surface area (Å²) in [5.74, 6) is 1.24. The highest BCUT2D eigenvalue weighted by Gasteiger charge is 2.28. The van der Waals surface area contributed by atoms with Crippen molar-refractivity contribution in [3.8, 4) is 0 Å². The molecule has 2 rings (SSSR count). The van der Waals surface area contributed by atoms with Crippen LogP contribution in [-0.4, -0.2) is 33.6 Å². The van der Waals surface area contributed by atoms with Crippen LogP contribution in [0.15, 0.2) is 6.33 Å². The summed E-state index contributed by atoms with van der Waals surface area (Å²) in [6, 6.07) is 0.308. The number of rotatable bonds is 2. The third-order valence-corrected chi connectivity index (χ3v) is 4.67. The maximum atomic E-state index is 14.2. The molecule has 0 amide bonds. The molecule has 2 heterocycles. The van der Waals surface area contributed by atoms with E-state index in [1.54, 1.807) is 0 Å². The Kier molecular flexibility index (Phi) is 3.86. The summed E-state index contributed by atoms with van der Waals surface area (Å²) in [7, 11) is 0. The fourth-order valence-corrected chi connectivity index (χ4v) is 3.17. The summed E-state index contributed by atoms with van der Waals surface area (Å²) in [6.07, 6.45) is 2.07. The van der Waals surface area contributed by atoms with Crippen molar-refractivity contribution in [1.29, 1.82) is 0 Å². The molecule has 1 aromatic heterocycles. The van der Waals surface area contributed by atoms with Gasteiger partial charge in [-0.15, -0.1) is 0 Å². The molecule has 1 fully saturated rings. The summed E-state index contributed by atoms with van der Waals surface area (Å²) in [6.45, 7) is 7.08. The molecule has 5 heteroatoms. The second-order valence-electron chi connectivity index (χ2n) is 4.32. The number of thioether (sulfide) groups is 1. The van der Waals surface area contributed by atoms with E-state index < -0.39 is 0 Å². The number of anilines is 1. The van der Waals surface area contributed by atoms with Crippen molar-refractivity contribution in [2.45, 2.75) is 38.5 Å². The van der Waals surface area contributed by atoms with Gasteiger partial charge in [0.15, 0.2) is 11.6 Å². The molecule has 1 aromatic rings. The van der Waals surface area contributed by atoms with Gasteiger partial charge in [-0.2, -0.15) is 11.8 Å². The number of aromatic nitrogens is 2. The standard InChI is InChI=1S/C12H18FN3S/c1-4-10-11(13)12(15-7-14-10)16-5-6-17-9(3)8(16)2/h7-9H,4-6H2,1-3H3/t8-,9+/m1/s1. The van der Waals surface area contributed by atoms with E-state index in [-0.39, 0.29) is 5.82 Å². The van der Waals surface area contributed by atoms with Gasteiger partial charge in [0.05, 0.1) is 5.69 Å². The Balaban J connectivity index is 2.33. The van der Waals surface area contributed by atoms with Crippen molar-refractivity contribution in [3.05, 3.63) is 17.8 Å². The van der Waals surface area contributed by atoms with Crippen LogP contribution in [0.2, 0.25) is 0 Å². The van der Waals surface area contributed by atoms with Crippen LogP contribution >= 0.6 is 11.8 Å². The first kappa shape index (κ1) is 12.6. The van der Waals surface area contributed by atoms with E-state index in [1.165, 1.54) is 6.33 Å². The fourth-order valence-electron chi connectivity index (χ4n) is 2.07. The lowest BCUT2D eigenvalue weighted by Gasteiger charge is -2.38. The van der Waals surface area contributed by atoms with Gasteiger partial charge in [-0.3, -0.25) is 0 Å². The van der Waals surface area contributed by atoms with Crippen LogP contribution in [0.3, 0.4) is 0 Å². The van der Waals surface area contributed by atoms with E-state index in [9.17, 15) is 4.39 Å². The van der Waals surface area contributed by atoms with Crippen LogP contribution in [0.5, 0.6) is 0 Å². The van der Waals surface area contributed by atoms with Crippen molar-refractivity contribution in [2.75, 3.05) is 17.2 Å². The molecule has 0 saturated carbocycles. The summed E-state index contributed by atoms with van der Waals surface area (Å²) in [4.78, 5) is 10.2. The van der Waals surface area contributed by atoms with E-state index in [4.69, 9.17) is 0 Å². The Morgan fingerprint density at radius 1 is 1.47 bits per heavy atom. The molecule has 0 radical (unpaired) electrons. The molecule has 0 aromatic carbocycles. The summed E-state index contributed by atoms with van der Waals surface area (Å²) >= 11 is 1.93. The molecule has 0 unspecified atom stereocenters. The second-order valence-corrected chi connectivity index (χ2v) is 5.81. The number of hydrogen-bond acceptors (Lipinski definition) is 4. The topological polar surface area (TPSA) is 29.0 Å². The molecule has 17 heavy (non-hydrogen) atoms. The monoisotopic (exact) mass is 255 g/mol. The highest BCUT2D eigenvalue weighted by molar-refractivity contribution is 8.00. The zero-order valence-corrected chi connectivity index (χ0v) is 11.3. The van der Waals surface area contributed by atoms with Gasteiger partial charge in [0.1, 0.15) is 6.33 Å². The average Bonchev–Trinajstić information content (AvgIpc) is 2.33. The van der Waals surface area contributed by atoms with Gasteiger partial charge in [0.2, 0.25) is 0 Å². The zero-order valence-electron chi connectivity index (χ0n) is 10.5. The molecule has 2 atom stereocenters. The Bertz CT molecular complexity index is 399. The average molecular weight is 255 g/mol. The number of aryl methyl sites for hydroxylation is 1. The molecule has 3 nitrogen and oxygen atoms in total. The molecule has 0 spiro atoms. The largest absolute Gasteiger partial charge is 0.349 e. The van der Waals surface area contributed by atoms with Crippen molar-refractivity contribution in [3.63, 3.8) is 0 Å². The van der Waals surface area contributed by atoms with E-state index in [1.807, 2.05) is 18.7 Å². The second kappa shape index (κ2) is 5.21. The minimum absolute atomic E-state index is 0.249. The van der Waals surface area contributed by atoms with Gasteiger partial charge >= 0.3 is 0 Å². The van der Waals surface area contributed by atoms with E-state index >= 15 is 0 Å². The summed E-state index contributed by atoms with van der Waals surface area (Å²) in [5, 5.41) is 0.503. The Labute approximate surface area is 106 Å². The molecule has 0 N–H and O–H groups in total. The molecular weight excluding hydrogens is 237 g/mol. The van der Waals surface area contributed by atoms with Crippen molar-refractivity contribution < 1.29 is 4.39 Å². The van der Waals surface area contributed by atoms with Crippen molar-refractivity contribution in [1.82, 2.24) is 9.97 Å². The van der Waals surface area contributed by atoms with E-state index in [0.717, 1.165) is 12.3 Å². The quantitative estimate of drug-likeness (QED) is 0.812. The predicted octanol–water partition coefficient (Wildman–Crippen LogP) is 2.51. The number of nitrogens with zero attached hydrogens (tertiary/aromatic N) is 3. The van der Waals surface area contributed by atoms with Gasteiger partial charge in [-0.25, -0.2) is 14.4 Å². The normalized spacial score (nSPS) is 25.1. The highest BCUT2D eigenvalue weighted by atomic mass is 32.2. The first-order valence-corrected chi connectivity index (χ1v) is 7.07. The third-order valence-electron chi connectivity index (χ3n) is 3.33. The van der Waals surface area contributed by atoms with Gasteiger partial charge < -0.3 is 4.90 Å². The first-order valence-electron chi connectivity index (χ1n) is 6.02. The molecule has 1 saturated heterocycles. The molecule has 0 aliphatic carbocycles. The highest BCUT2D eigenvalue weighted by Crippen LogP contribution is 2.29. The van der Waals surface area contributed by atoms with Gasteiger partial charge in [-0.1, -0.05) is 13.8 Å². The third kappa shape index (κ3) is 2.39. The lowest BCUT2D eigenvalue weighted by molar-refractivity contribution is 0.556. The fraction of sp³-hybridized carbons (Fsp3) is 0.667. The minimum atomic E-state index is -0.249. The minimum Gasteiger partial charge on any atom is -0.349 e. The predicted molar refractivity (Wildman–Crippen MR) is 70.1 cm³/mol. The SMILES string of the molecule is CCc1ncnc(N2CCS[C@@H](C)[C@H]2C)c1F. The first-order chi connectivity index (χ1) is 8.15. The molecule has 1 aliphatic heterocycles. The van der Waals surface area contributed by atoms with Crippen molar-refractivity contribution in [2.24, 2.45) is 0 Å². The van der Waals surface area contributed by atoms with Crippen LogP contribution in [0, 0.1) is 5.82 Å². The van der Waals surface area contributed by atoms with Crippen LogP contribution in [0.1, 0.15) is 26.5 Å². The van der Waals surface area contributed by atoms with Crippen LogP contribution in [0.25, 0.3) is 0 Å². The Morgan fingerprint density at radius 3 is 2.94 bits per heavy atom. The molecular formula is C12H18FN3S. The van der Waals surface area contributed by atoms with E-state index in [2.05, 4.69) is 28.7 Å². The lowest BCUT2D eigenvalue weighted by Crippen LogP contribution is -2.45. The van der Waals surface area contributed by atoms with Crippen molar-refractivity contribution >= 4 is 17.6 Å². The lowest BCUT2D eigenvalue weighted by atomic mass is 10.2. The maximum absolute atomic E-state index is 14.2. The number of hydrogen-bond donors (Lipinski definition) is 0. The van der Waals surface area contributed by atoms with E-state index in [0.29, 0.717) is 29.2 Å². The molecule has 94 valence electrons. The number of halogens is 1. The van der Waals surface area contributed by atoms with Gasteiger partial charge in [0, 0.05) is 23.6 Å². The maximum Gasteiger partial charge on any atom is 0.187 e. The van der Waals surface area contributed by atoms with Crippen LogP contribution in [-0.2, 0) is 6.42 Å². The summed E-state index contributed by atoms with van der Waals surface area (Å²) < 4.78 is 14.2. The van der Waals surface area contributed by atoms with Crippen LogP contribution < -0.4 is 4.90 Å². The Hall–Kier alpha value is -0.840. The zero-order chi connectivity index (χ0) is 12.4. The Morgan fingerprint density at radius 2 is 2.24 bits per heavy atom. The summed E-state index contributed by atoms with van der Waals surface area (Å²) in [5.41, 5.74) is 0.507. The molecule has 0 bridgehead atoms. The van der Waals surface area contributed by atoms with Crippen LogP contribution in [0.4, 0.5) is 10.2 Å².